The first-order chi connectivity index (χ1) is 15.1. The predicted octanol–water partition coefficient (Wildman–Crippen LogP) is 4.63. The summed E-state index contributed by atoms with van der Waals surface area (Å²) in [5.74, 6) is -0.261. The van der Waals surface area contributed by atoms with Crippen LogP contribution in [0.4, 0.5) is 4.79 Å². The second-order valence-corrected chi connectivity index (χ2v) is 9.02. The van der Waals surface area contributed by atoms with Gasteiger partial charge in [-0.2, -0.15) is 0 Å². The molecule has 0 saturated heterocycles. The molecule has 2 aromatic carbocycles. The van der Waals surface area contributed by atoms with Crippen molar-refractivity contribution in [2.75, 3.05) is 7.11 Å². The Morgan fingerprint density at radius 1 is 1.00 bits per heavy atom. The molecule has 6 nitrogen and oxygen atoms in total. The molecule has 0 spiro atoms. The molecule has 7 heteroatoms. The van der Waals surface area contributed by atoms with Crippen LogP contribution in [0.5, 0.6) is 0 Å². The van der Waals surface area contributed by atoms with Crippen molar-refractivity contribution in [1.82, 2.24) is 5.32 Å². The summed E-state index contributed by atoms with van der Waals surface area (Å²) in [6.07, 6.45) is 2.62. The number of hydrogen-bond acceptors (Lipinski definition) is 6. The van der Waals surface area contributed by atoms with Gasteiger partial charge < -0.3 is 19.5 Å². The summed E-state index contributed by atoms with van der Waals surface area (Å²) >= 11 is 1.51. The minimum Gasteiger partial charge on any atom is -0.468 e. The Morgan fingerprint density at radius 2 is 1.71 bits per heavy atom. The number of amides is 1. The van der Waals surface area contributed by atoms with E-state index in [0.717, 1.165) is 41.7 Å². The average molecular weight is 442 g/mol. The topological polar surface area (TPSA) is 73.9 Å². The van der Waals surface area contributed by atoms with Crippen LogP contribution in [0.3, 0.4) is 0 Å². The van der Waals surface area contributed by atoms with Crippen molar-refractivity contribution in [3.8, 4) is 0 Å². The van der Waals surface area contributed by atoms with Crippen molar-refractivity contribution >= 4 is 23.8 Å². The molecule has 2 atom stereocenters. The highest BCUT2D eigenvalue weighted by molar-refractivity contribution is 8.01. The van der Waals surface area contributed by atoms with E-state index in [0.29, 0.717) is 0 Å². The smallest absolute Gasteiger partial charge is 0.407 e. The van der Waals surface area contributed by atoms with Crippen LogP contribution in [-0.4, -0.2) is 36.6 Å². The van der Waals surface area contributed by atoms with Gasteiger partial charge in [0.1, 0.15) is 18.0 Å². The molecule has 0 aromatic heterocycles. The van der Waals surface area contributed by atoms with Gasteiger partial charge in [0.2, 0.25) is 0 Å². The third kappa shape index (κ3) is 5.40. The summed E-state index contributed by atoms with van der Waals surface area (Å²) in [7, 11) is 1.41. The summed E-state index contributed by atoms with van der Waals surface area (Å²) in [5, 5.41) is 2.58. The average Bonchev–Trinajstić information content (AvgIpc) is 3.17. The van der Waals surface area contributed by atoms with Crippen molar-refractivity contribution in [1.29, 1.82) is 0 Å². The fraction of sp³-hybridized carbons (Fsp3) is 0.417. The molecule has 31 heavy (non-hydrogen) atoms. The monoisotopic (exact) mass is 441 g/mol. The molecule has 1 heterocycles. The molecule has 1 aliphatic heterocycles. The van der Waals surface area contributed by atoms with Crippen LogP contribution in [0, 0.1) is 0 Å². The number of carbonyl (C=O) groups is 2. The maximum Gasteiger partial charge on any atom is 0.407 e. The number of benzene rings is 2. The zero-order chi connectivity index (χ0) is 21.6. The van der Waals surface area contributed by atoms with Gasteiger partial charge in [-0.05, 0) is 42.9 Å². The van der Waals surface area contributed by atoms with E-state index < -0.39 is 0 Å². The van der Waals surface area contributed by atoms with Crippen molar-refractivity contribution < 1.29 is 23.8 Å². The van der Waals surface area contributed by atoms with E-state index in [9.17, 15) is 9.59 Å². The standard InChI is InChI=1S/C24H27NO5S/c1-28-23(26)22-21(19-9-5-6-10-20(19)31-22)30-18-13-11-17(12-14-18)25-24(27)29-15-16-7-3-2-4-8-16/h2-10,17-18,21-22H,11-15H2,1H3,(H,25,27). The molecule has 1 amide bonds. The minimum atomic E-state index is -0.389. The number of hydrogen-bond donors (Lipinski definition) is 1. The Bertz CT molecular complexity index is 898. The lowest BCUT2D eigenvalue weighted by Gasteiger charge is -2.32. The second-order valence-electron chi connectivity index (χ2n) is 7.84. The molecular weight excluding hydrogens is 414 g/mol. The van der Waals surface area contributed by atoms with Gasteiger partial charge in [-0.25, -0.2) is 4.79 Å². The lowest BCUT2D eigenvalue weighted by molar-refractivity contribution is -0.144. The molecular formula is C24H27NO5S. The van der Waals surface area contributed by atoms with Gasteiger partial charge in [-0.1, -0.05) is 48.5 Å². The van der Waals surface area contributed by atoms with E-state index in [1.54, 1.807) is 0 Å². The number of fused-ring (bicyclic) bond motifs is 1. The number of carbonyl (C=O) groups excluding carboxylic acids is 2. The molecule has 2 unspecified atom stereocenters. The van der Waals surface area contributed by atoms with E-state index in [1.807, 2.05) is 54.6 Å². The number of rotatable bonds is 6. The van der Waals surface area contributed by atoms with E-state index in [2.05, 4.69) is 5.32 Å². The molecule has 1 N–H and O–H groups in total. The number of methoxy groups -OCH3 is 1. The van der Waals surface area contributed by atoms with Gasteiger partial charge in [0.05, 0.1) is 13.2 Å². The SMILES string of the molecule is COC(=O)C1Sc2ccccc2C1OC1CCC(NC(=O)OCc2ccccc2)CC1. The van der Waals surface area contributed by atoms with Crippen molar-refractivity contribution in [3.63, 3.8) is 0 Å². The van der Waals surface area contributed by atoms with Gasteiger partial charge in [0, 0.05) is 10.9 Å². The van der Waals surface area contributed by atoms with Crippen LogP contribution in [0.25, 0.3) is 0 Å². The maximum absolute atomic E-state index is 12.3. The third-order valence-corrected chi connectivity index (χ3v) is 7.06. The van der Waals surface area contributed by atoms with E-state index in [4.69, 9.17) is 14.2 Å². The van der Waals surface area contributed by atoms with E-state index in [-0.39, 0.29) is 42.2 Å². The van der Waals surface area contributed by atoms with Crippen LogP contribution >= 0.6 is 11.8 Å². The van der Waals surface area contributed by atoms with Gasteiger partial charge >= 0.3 is 12.1 Å². The van der Waals surface area contributed by atoms with Crippen LogP contribution in [0.1, 0.15) is 42.9 Å². The first-order valence-corrected chi connectivity index (χ1v) is 11.5. The molecule has 4 rings (SSSR count). The predicted molar refractivity (Wildman–Crippen MR) is 118 cm³/mol. The lowest BCUT2D eigenvalue weighted by Crippen LogP contribution is -2.40. The lowest BCUT2D eigenvalue weighted by atomic mass is 9.92. The molecule has 2 aromatic rings. The van der Waals surface area contributed by atoms with E-state index >= 15 is 0 Å². The van der Waals surface area contributed by atoms with Gasteiger partial charge in [0.25, 0.3) is 0 Å². The first kappa shape index (κ1) is 21.7. The fourth-order valence-corrected chi connectivity index (χ4v) is 5.38. The Kier molecular flexibility index (Phi) is 7.14. The molecule has 164 valence electrons. The van der Waals surface area contributed by atoms with Crippen LogP contribution in [0.15, 0.2) is 59.5 Å². The zero-order valence-corrected chi connectivity index (χ0v) is 18.3. The Hall–Kier alpha value is -2.51. The number of nitrogens with one attached hydrogen (secondary N) is 1. The molecule has 2 aliphatic rings. The van der Waals surface area contributed by atoms with Crippen LogP contribution < -0.4 is 5.32 Å². The quantitative estimate of drug-likeness (QED) is 0.659. The van der Waals surface area contributed by atoms with E-state index in [1.165, 1.54) is 18.9 Å². The molecule has 1 aliphatic carbocycles. The Balaban J connectivity index is 1.26. The first-order valence-electron chi connectivity index (χ1n) is 10.6. The third-order valence-electron chi connectivity index (χ3n) is 5.74. The van der Waals surface area contributed by atoms with Crippen molar-refractivity contribution in [2.24, 2.45) is 0 Å². The normalized spacial score (nSPS) is 24.8. The highest BCUT2D eigenvalue weighted by Gasteiger charge is 2.41. The summed E-state index contributed by atoms with van der Waals surface area (Å²) in [4.78, 5) is 25.5. The van der Waals surface area contributed by atoms with Gasteiger partial charge in [-0.3, -0.25) is 4.79 Å². The largest absolute Gasteiger partial charge is 0.468 e. The molecule has 0 bridgehead atoms. The van der Waals surface area contributed by atoms with Gasteiger partial charge in [-0.15, -0.1) is 11.8 Å². The second kappa shape index (κ2) is 10.2. The van der Waals surface area contributed by atoms with Crippen LogP contribution in [-0.2, 0) is 25.6 Å². The highest BCUT2D eigenvalue weighted by Crippen LogP contribution is 2.47. The number of thioether (sulfide) groups is 1. The molecule has 0 radical (unpaired) electrons. The summed E-state index contributed by atoms with van der Waals surface area (Å²) in [5.41, 5.74) is 2.01. The maximum atomic E-state index is 12.3. The summed E-state index contributed by atoms with van der Waals surface area (Å²) < 4.78 is 16.7. The summed E-state index contributed by atoms with van der Waals surface area (Å²) in [6.45, 7) is 0.263. The fourth-order valence-electron chi connectivity index (χ4n) is 4.10. The minimum absolute atomic E-state index is 0.0438. The van der Waals surface area contributed by atoms with Crippen molar-refractivity contribution in [2.45, 2.75) is 60.7 Å². The van der Waals surface area contributed by atoms with Crippen molar-refractivity contribution in [3.05, 3.63) is 65.7 Å². The number of ether oxygens (including phenoxy) is 3. The van der Waals surface area contributed by atoms with Crippen LogP contribution in [0.2, 0.25) is 0 Å². The number of esters is 1. The Morgan fingerprint density at radius 3 is 2.45 bits per heavy atom. The molecule has 1 saturated carbocycles. The Labute approximate surface area is 186 Å². The number of alkyl carbamates (subject to hydrolysis) is 1. The van der Waals surface area contributed by atoms with Gasteiger partial charge in [0.15, 0.2) is 0 Å². The molecule has 1 fully saturated rings. The zero-order valence-electron chi connectivity index (χ0n) is 17.5. The summed E-state index contributed by atoms with van der Waals surface area (Å²) in [6, 6.07) is 17.7. The highest BCUT2D eigenvalue weighted by atomic mass is 32.2.